The number of hydrogen-bond acceptors (Lipinski definition) is 3. The zero-order valence-corrected chi connectivity index (χ0v) is 11.1. The van der Waals surface area contributed by atoms with Crippen LogP contribution in [0.4, 0.5) is 0 Å². The molecule has 1 saturated carbocycles. The molecule has 0 saturated heterocycles. The summed E-state index contributed by atoms with van der Waals surface area (Å²) in [6.45, 7) is 0.544. The third-order valence-corrected chi connectivity index (χ3v) is 3.54. The first-order valence-corrected chi connectivity index (χ1v) is 6.66. The Hall–Kier alpha value is -0.810. The van der Waals surface area contributed by atoms with Crippen LogP contribution < -0.4 is 5.32 Å². The molecule has 1 heterocycles. The number of halogens is 1. The quantitative estimate of drug-likeness (QED) is 0.892. The second kappa shape index (κ2) is 5.69. The minimum absolute atomic E-state index is 0.0411. The molecule has 2 unspecified atom stereocenters. The average Bonchev–Trinajstić information content (AvgIpc) is 2.87. The minimum Gasteiger partial charge on any atom is -0.454 e. The van der Waals surface area contributed by atoms with Crippen molar-refractivity contribution >= 4 is 21.8 Å². The van der Waals surface area contributed by atoms with E-state index in [2.05, 4.69) is 21.2 Å². The molecule has 0 radical (unpaired) electrons. The van der Waals surface area contributed by atoms with Crippen molar-refractivity contribution in [3.8, 4) is 0 Å². The van der Waals surface area contributed by atoms with Crippen LogP contribution in [0.5, 0.6) is 0 Å². The molecule has 0 aromatic carbocycles. The molecule has 17 heavy (non-hydrogen) atoms. The van der Waals surface area contributed by atoms with Gasteiger partial charge in [0.2, 0.25) is 5.91 Å². The van der Waals surface area contributed by atoms with Gasteiger partial charge >= 0.3 is 0 Å². The van der Waals surface area contributed by atoms with Gasteiger partial charge in [-0.15, -0.1) is 0 Å². The fraction of sp³-hybridized carbons (Fsp3) is 0.583. The standard InChI is InChI=1S/C12H16BrNO3/c13-11-5-4-8(17-11)6-7-14-12(16)9-2-1-3-10(9)15/h4-5,9-10,15H,1-3,6-7H2,(H,14,16). The largest absolute Gasteiger partial charge is 0.454 e. The van der Waals surface area contributed by atoms with E-state index in [1.807, 2.05) is 12.1 Å². The Kier molecular flexibility index (Phi) is 4.23. The highest BCUT2D eigenvalue weighted by atomic mass is 79.9. The molecule has 1 aliphatic carbocycles. The van der Waals surface area contributed by atoms with E-state index in [1.165, 1.54) is 0 Å². The van der Waals surface area contributed by atoms with Crippen LogP contribution in [0.3, 0.4) is 0 Å². The number of furan rings is 1. The first-order chi connectivity index (χ1) is 8.16. The minimum atomic E-state index is -0.465. The number of hydrogen-bond donors (Lipinski definition) is 2. The lowest BCUT2D eigenvalue weighted by Gasteiger charge is -2.13. The van der Waals surface area contributed by atoms with E-state index >= 15 is 0 Å². The van der Waals surface area contributed by atoms with Crippen LogP contribution in [-0.2, 0) is 11.2 Å². The Bertz CT molecular complexity index is 391. The van der Waals surface area contributed by atoms with Crippen LogP contribution in [0, 0.1) is 5.92 Å². The third-order valence-electron chi connectivity index (χ3n) is 3.12. The van der Waals surface area contributed by atoms with E-state index in [4.69, 9.17) is 4.42 Å². The predicted octanol–water partition coefficient (Wildman–Crippen LogP) is 1.86. The Balaban J connectivity index is 1.73. The molecule has 1 aliphatic rings. The maximum Gasteiger partial charge on any atom is 0.225 e. The van der Waals surface area contributed by atoms with E-state index < -0.39 is 6.10 Å². The smallest absolute Gasteiger partial charge is 0.225 e. The third kappa shape index (κ3) is 3.33. The first-order valence-electron chi connectivity index (χ1n) is 5.87. The fourth-order valence-corrected chi connectivity index (χ4v) is 2.51. The van der Waals surface area contributed by atoms with E-state index in [-0.39, 0.29) is 11.8 Å². The van der Waals surface area contributed by atoms with Crippen LogP contribution in [-0.4, -0.2) is 23.7 Å². The van der Waals surface area contributed by atoms with Gasteiger partial charge in [-0.2, -0.15) is 0 Å². The zero-order chi connectivity index (χ0) is 12.3. The van der Waals surface area contributed by atoms with Gasteiger partial charge in [0.15, 0.2) is 4.67 Å². The number of nitrogens with one attached hydrogen (secondary N) is 1. The normalized spacial score (nSPS) is 23.9. The second-order valence-electron chi connectivity index (χ2n) is 4.35. The predicted molar refractivity (Wildman–Crippen MR) is 66.5 cm³/mol. The number of aliphatic hydroxyl groups is 1. The number of aliphatic hydroxyl groups excluding tert-OH is 1. The number of carbonyl (C=O) groups is 1. The van der Waals surface area contributed by atoms with Gasteiger partial charge in [0, 0.05) is 13.0 Å². The van der Waals surface area contributed by atoms with Crippen molar-refractivity contribution in [3.05, 3.63) is 22.6 Å². The van der Waals surface area contributed by atoms with Gasteiger partial charge in [-0.25, -0.2) is 0 Å². The van der Waals surface area contributed by atoms with Crippen molar-refractivity contribution in [2.45, 2.75) is 31.8 Å². The van der Waals surface area contributed by atoms with Gasteiger partial charge < -0.3 is 14.8 Å². The first kappa shape index (κ1) is 12.6. The summed E-state index contributed by atoms with van der Waals surface area (Å²) in [6, 6.07) is 3.71. The average molecular weight is 302 g/mol. The molecule has 4 nitrogen and oxygen atoms in total. The lowest BCUT2D eigenvalue weighted by Crippen LogP contribution is -2.35. The molecule has 1 aromatic heterocycles. The lowest BCUT2D eigenvalue weighted by atomic mass is 10.1. The molecular weight excluding hydrogens is 286 g/mol. The molecule has 1 amide bonds. The highest BCUT2D eigenvalue weighted by Crippen LogP contribution is 2.25. The maximum absolute atomic E-state index is 11.7. The summed E-state index contributed by atoms with van der Waals surface area (Å²) in [5, 5.41) is 12.4. The number of rotatable bonds is 4. The monoisotopic (exact) mass is 301 g/mol. The molecular formula is C12H16BrNO3. The van der Waals surface area contributed by atoms with Gasteiger partial charge in [0.1, 0.15) is 5.76 Å². The molecule has 2 atom stereocenters. The molecule has 5 heteroatoms. The van der Waals surface area contributed by atoms with Crippen molar-refractivity contribution < 1.29 is 14.3 Å². The fourth-order valence-electron chi connectivity index (χ4n) is 2.17. The van der Waals surface area contributed by atoms with Gasteiger partial charge in [-0.1, -0.05) is 0 Å². The molecule has 2 N–H and O–H groups in total. The second-order valence-corrected chi connectivity index (χ2v) is 5.13. The molecule has 0 aliphatic heterocycles. The molecule has 0 bridgehead atoms. The lowest BCUT2D eigenvalue weighted by molar-refractivity contribution is -0.127. The highest BCUT2D eigenvalue weighted by molar-refractivity contribution is 9.10. The Morgan fingerprint density at radius 3 is 2.94 bits per heavy atom. The van der Waals surface area contributed by atoms with Crippen LogP contribution in [0.2, 0.25) is 0 Å². The summed E-state index contributed by atoms with van der Waals surface area (Å²) in [5.41, 5.74) is 0. The topological polar surface area (TPSA) is 62.5 Å². The summed E-state index contributed by atoms with van der Waals surface area (Å²) < 4.78 is 6.03. The zero-order valence-electron chi connectivity index (χ0n) is 9.49. The van der Waals surface area contributed by atoms with Gasteiger partial charge in [0.25, 0.3) is 0 Å². The highest BCUT2D eigenvalue weighted by Gasteiger charge is 2.30. The van der Waals surface area contributed by atoms with Crippen LogP contribution in [0.1, 0.15) is 25.0 Å². The summed E-state index contributed by atoms with van der Waals surface area (Å²) in [5.74, 6) is 0.572. The molecule has 2 rings (SSSR count). The summed E-state index contributed by atoms with van der Waals surface area (Å²) in [7, 11) is 0. The number of amides is 1. The van der Waals surface area contributed by atoms with Gasteiger partial charge in [-0.05, 0) is 47.3 Å². The van der Waals surface area contributed by atoms with E-state index in [9.17, 15) is 9.90 Å². The van der Waals surface area contributed by atoms with Crippen LogP contribution in [0.15, 0.2) is 21.2 Å². The van der Waals surface area contributed by atoms with E-state index in [0.717, 1.165) is 25.0 Å². The summed E-state index contributed by atoms with van der Waals surface area (Å²) >= 11 is 3.23. The Morgan fingerprint density at radius 1 is 1.53 bits per heavy atom. The molecule has 1 fully saturated rings. The Labute approximate surface area is 109 Å². The van der Waals surface area contributed by atoms with Crippen molar-refractivity contribution in [2.75, 3.05) is 6.54 Å². The summed E-state index contributed by atoms with van der Waals surface area (Å²) in [4.78, 5) is 11.7. The molecule has 0 spiro atoms. The SMILES string of the molecule is O=C(NCCc1ccc(Br)o1)C1CCCC1O. The maximum atomic E-state index is 11.7. The van der Waals surface area contributed by atoms with E-state index in [1.54, 1.807) is 0 Å². The van der Waals surface area contributed by atoms with Gasteiger partial charge in [0.05, 0.1) is 12.0 Å². The van der Waals surface area contributed by atoms with Crippen LogP contribution in [0.25, 0.3) is 0 Å². The van der Waals surface area contributed by atoms with E-state index in [0.29, 0.717) is 17.6 Å². The van der Waals surface area contributed by atoms with Gasteiger partial charge in [-0.3, -0.25) is 4.79 Å². The molecule has 94 valence electrons. The van der Waals surface area contributed by atoms with Crippen molar-refractivity contribution in [3.63, 3.8) is 0 Å². The van der Waals surface area contributed by atoms with Crippen LogP contribution >= 0.6 is 15.9 Å². The van der Waals surface area contributed by atoms with Crippen molar-refractivity contribution in [1.82, 2.24) is 5.32 Å². The summed E-state index contributed by atoms with van der Waals surface area (Å²) in [6.07, 6.45) is 2.67. The Morgan fingerprint density at radius 2 is 2.35 bits per heavy atom. The van der Waals surface area contributed by atoms with Crippen molar-refractivity contribution in [2.24, 2.45) is 5.92 Å². The number of carbonyl (C=O) groups excluding carboxylic acids is 1. The molecule has 1 aromatic rings. The van der Waals surface area contributed by atoms with Crippen molar-refractivity contribution in [1.29, 1.82) is 0 Å².